The van der Waals surface area contributed by atoms with Crippen LogP contribution in [0.15, 0.2) is 11.0 Å². The van der Waals surface area contributed by atoms with E-state index in [2.05, 4.69) is 10.0 Å². The van der Waals surface area contributed by atoms with E-state index in [9.17, 15) is 22.8 Å². The smallest absolute Gasteiger partial charge is 0.324 e. The molecular weight excluding hydrogens is 422 g/mol. The number of hydrogen-bond donors (Lipinski definition) is 3. The van der Waals surface area contributed by atoms with Gasteiger partial charge in [0.25, 0.3) is 5.91 Å². The van der Waals surface area contributed by atoms with Gasteiger partial charge in [0, 0.05) is 6.54 Å². The zero-order valence-corrected chi connectivity index (χ0v) is 20.0. The van der Waals surface area contributed by atoms with Crippen molar-refractivity contribution in [2.24, 2.45) is 5.92 Å². The average Bonchev–Trinajstić information content (AvgIpc) is 2.63. The maximum Gasteiger partial charge on any atom is 0.324 e. The number of ether oxygens (including phenoxy) is 1. The summed E-state index contributed by atoms with van der Waals surface area (Å²) in [5, 5.41) is 4.57. The van der Waals surface area contributed by atoms with E-state index in [0.29, 0.717) is 23.6 Å². The molecule has 0 aromatic heterocycles. The van der Waals surface area contributed by atoms with Crippen molar-refractivity contribution in [1.29, 1.82) is 0 Å². The van der Waals surface area contributed by atoms with Crippen molar-refractivity contribution >= 4 is 27.9 Å². The van der Waals surface area contributed by atoms with Crippen LogP contribution in [0.4, 0.5) is 4.79 Å². The molecule has 0 saturated heterocycles. The Morgan fingerprint density at radius 2 is 1.55 bits per heavy atom. The summed E-state index contributed by atoms with van der Waals surface area (Å²) in [5.41, 5.74) is 2.84. The van der Waals surface area contributed by atoms with Gasteiger partial charge in [-0.15, -0.1) is 0 Å². The van der Waals surface area contributed by atoms with Crippen LogP contribution in [0.2, 0.25) is 0 Å². The van der Waals surface area contributed by atoms with Gasteiger partial charge in [0.1, 0.15) is 6.04 Å². The van der Waals surface area contributed by atoms with E-state index in [1.807, 2.05) is 39.1 Å². The summed E-state index contributed by atoms with van der Waals surface area (Å²) >= 11 is 0. The minimum absolute atomic E-state index is 0.125. The van der Waals surface area contributed by atoms with Gasteiger partial charge in [-0.05, 0) is 69.2 Å². The van der Waals surface area contributed by atoms with Gasteiger partial charge in [-0.3, -0.25) is 14.9 Å². The lowest BCUT2D eigenvalue weighted by Crippen LogP contribution is -2.44. The molecule has 0 bridgehead atoms. The van der Waals surface area contributed by atoms with Crippen molar-refractivity contribution < 1.29 is 27.5 Å². The van der Waals surface area contributed by atoms with E-state index in [0.717, 1.165) is 17.5 Å². The Hall–Kier alpha value is -2.46. The number of carbonyl (C=O) groups is 3. The van der Waals surface area contributed by atoms with Gasteiger partial charge >= 0.3 is 12.0 Å². The quantitative estimate of drug-likeness (QED) is 0.488. The third kappa shape index (κ3) is 7.95. The molecule has 9 nitrogen and oxygen atoms in total. The van der Waals surface area contributed by atoms with Crippen LogP contribution in [0.25, 0.3) is 0 Å². The maximum absolute atomic E-state index is 12.9. The van der Waals surface area contributed by atoms with Crippen molar-refractivity contribution in [3.05, 3.63) is 28.3 Å². The summed E-state index contributed by atoms with van der Waals surface area (Å²) in [6.07, 6.45) is 0.758. The summed E-state index contributed by atoms with van der Waals surface area (Å²) in [6, 6.07) is -0.00703. The molecule has 0 spiro atoms. The Bertz CT molecular complexity index is 915. The highest BCUT2D eigenvalue weighted by Gasteiger charge is 2.27. The molecule has 10 heteroatoms. The fourth-order valence-corrected chi connectivity index (χ4v) is 4.67. The van der Waals surface area contributed by atoms with Crippen LogP contribution in [0.3, 0.4) is 0 Å². The Morgan fingerprint density at radius 1 is 1.00 bits per heavy atom. The predicted molar refractivity (Wildman–Crippen MR) is 117 cm³/mol. The van der Waals surface area contributed by atoms with Gasteiger partial charge in [0.05, 0.1) is 4.90 Å². The molecule has 0 aliphatic heterocycles. The van der Waals surface area contributed by atoms with E-state index in [1.54, 1.807) is 13.8 Å². The highest BCUT2D eigenvalue weighted by Crippen LogP contribution is 2.26. The minimum Gasteiger partial charge on any atom is -0.454 e. The van der Waals surface area contributed by atoms with Crippen LogP contribution in [0, 0.1) is 33.6 Å². The minimum atomic E-state index is -4.00. The second kappa shape index (κ2) is 11.2. The first-order chi connectivity index (χ1) is 14.3. The van der Waals surface area contributed by atoms with Crippen LogP contribution in [0.5, 0.6) is 0 Å². The molecule has 0 aliphatic carbocycles. The van der Waals surface area contributed by atoms with E-state index in [4.69, 9.17) is 4.74 Å². The largest absolute Gasteiger partial charge is 0.454 e. The second-order valence-corrected chi connectivity index (χ2v) is 9.68. The molecule has 1 atom stereocenters. The van der Waals surface area contributed by atoms with Gasteiger partial charge in [0.2, 0.25) is 10.0 Å². The monoisotopic (exact) mass is 455 g/mol. The molecule has 1 rings (SSSR count). The van der Waals surface area contributed by atoms with E-state index in [1.165, 1.54) is 6.92 Å². The summed E-state index contributed by atoms with van der Waals surface area (Å²) in [6.45, 7) is 12.1. The highest BCUT2D eigenvalue weighted by molar-refractivity contribution is 7.89. The summed E-state index contributed by atoms with van der Waals surface area (Å²) in [5.74, 6) is -1.34. The number of imide groups is 1. The molecule has 3 N–H and O–H groups in total. The molecule has 0 heterocycles. The van der Waals surface area contributed by atoms with Gasteiger partial charge in [-0.1, -0.05) is 19.9 Å². The third-order valence-corrected chi connectivity index (χ3v) is 6.67. The molecule has 31 heavy (non-hydrogen) atoms. The van der Waals surface area contributed by atoms with Crippen molar-refractivity contribution in [1.82, 2.24) is 15.4 Å². The lowest BCUT2D eigenvalue weighted by atomic mass is 10.0. The zero-order valence-electron chi connectivity index (χ0n) is 19.2. The highest BCUT2D eigenvalue weighted by atomic mass is 32.2. The number of rotatable bonds is 9. The Kier molecular flexibility index (Phi) is 9.64. The number of hydrogen-bond acceptors (Lipinski definition) is 6. The van der Waals surface area contributed by atoms with Crippen molar-refractivity contribution in [2.45, 2.75) is 65.8 Å². The first-order valence-corrected chi connectivity index (χ1v) is 11.6. The molecule has 1 aromatic rings. The lowest BCUT2D eigenvalue weighted by molar-refractivity contribution is -0.149. The first-order valence-electron chi connectivity index (χ1n) is 10.1. The topological polar surface area (TPSA) is 131 Å². The number of amides is 3. The number of aryl methyl sites for hydroxylation is 2. The van der Waals surface area contributed by atoms with Crippen LogP contribution < -0.4 is 15.4 Å². The number of esters is 1. The number of sulfonamides is 1. The molecule has 174 valence electrons. The number of benzene rings is 1. The van der Waals surface area contributed by atoms with Crippen LogP contribution in [-0.4, -0.2) is 45.5 Å². The van der Waals surface area contributed by atoms with E-state index >= 15 is 0 Å². The van der Waals surface area contributed by atoms with Crippen LogP contribution in [-0.2, 0) is 24.3 Å². The summed E-state index contributed by atoms with van der Waals surface area (Å²) in [7, 11) is -4.00. The molecule has 1 aromatic carbocycles. The standard InChI is InChI=1S/C21H33N3O6S/c1-12(2)8-9-22-21(27)23-18(25)11-30-20(26)17(7)24-31(28,29)19-15(5)13(3)10-14(4)16(19)6/h10,12,17,24H,8-9,11H2,1-7H3,(H2,22,23,25,27)/t17-/m0/s1. The second-order valence-electron chi connectivity index (χ2n) is 8.03. The average molecular weight is 456 g/mol. The molecule has 0 saturated carbocycles. The Labute approximate surface area is 184 Å². The first kappa shape index (κ1) is 26.6. The van der Waals surface area contributed by atoms with Crippen LogP contribution >= 0.6 is 0 Å². The Balaban J connectivity index is 2.67. The van der Waals surface area contributed by atoms with Gasteiger partial charge in [-0.25, -0.2) is 13.2 Å². The fourth-order valence-electron chi connectivity index (χ4n) is 2.87. The number of carbonyl (C=O) groups excluding carboxylic acids is 3. The molecule has 0 unspecified atom stereocenters. The zero-order chi connectivity index (χ0) is 23.9. The van der Waals surface area contributed by atoms with Crippen molar-refractivity contribution in [2.75, 3.05) is 13.2 Å². The fraction of sp³-hybridized carbons (Fsp3) is 0.571. The number of nitrogens with one attached hydrogen (secondary N) is 3. The summed E-state index contributed by atoms with van der Waals surface area (Å²) in [4.78, 5) is 35.7. The van der Waals surface area contributed by atoms with Crippen molar-refractivity contribution in [3.8, 4) is 0 Å². The van der Waals surface area contributed by atoms with Gasteiger partial charge < -0.3 is 10.1 Å². The molecule has 0 radical (unpaired) electrons. The predicted octanol–water partition coefficient (Wildman–Crippen LogP) is 2.00. The Morgan fingerprint density at radius 3 is 2.06 bits per heavy atom. The van der Waals surface area contributed by atoms with Crippen molar-refractivity contribution in [3.63, 3.8) is 0 Å². The summed E-state index contributed by atoms with van der Waals surface area (Å²) < 4.78 is 32.9. The van der Waals surface area contributed by atoms with Gasteiger partial charge in [0.15, 0.2) is 6.61 Å². The van der Waals surface area contributed by atoms with Crippen LogP contribution in [0.1, 0.15) is 49.4 Å². The van der Waals surface area contributed by atoms with E-state index < -0.39 is 40.6 Å². The lowest BCUT2D eigenvalue weighted by Gasteiger charge is -2.18. The molecular formula is C21H33N3O6S. The van der Waals surface area contributed by atoms with E-state index in [-0.39, 0.29) is 4.90 Å². The molecule has 3 amide bonds. The number of urea groups is 1. The van der Waals surface area contributed by atoms with Gasteiger partial charge in [-0.2, -0.15) is 4.72 Å². The SMILES string of the molecule is Cc1cc(C)c(C)c(S(=O)(=O)N[C@@H](C)C(=O)OCC(=O)NC(=O)NCCC(C)C)c1C. The molecule has 0 fully saturated rings. The normalized spacial score (nSPS) is 12.4. The third-order valence-electron chi connectivity index (χ3n) is 4.86. The maximum atomic E-state index is 12.9. The molecule has 0 aliphatic rings.